The van der Waals surface area contributed by atoms with Gasteiger partial charge in [0.1, 0.15) is 0 Å². The third-order valence-corrected chi connectivity index (χ3v) is 5.24. The maximum absolute atomic E-state index is 12.7. The number of thioether (sulfide) groups is 1. The summed E-state index contributed by atoms with van der Waals surface area (Å²) in [7, 11) is 1.60. The highest BCUT2D eigenvalue weighted by molar-refractivity contribution is 7.98. The summed E-state index contributed by atoms with van der Waals surface area (Å²) >= 11 is 1.67. The van der Waals surface area contributed by atoms with Crippen molar-refractivity contribution in [1.82, 2.24) is 4.90 Å². The minimum atomic E-state index is -0.683. The zero-order chi connectivity index (χ0) is 14.3. The molecular formula is C16H17NO2S. The van der Waals surface area contributed by atoms with Crippen molar-refractivity contribution in [1.29, 1.82) is 0 Å². The Labute approximate surface area is 123 Å². The van der Waals surface area contributed by atoms with Crippen LogP contribution in [0.2, 0.25) is 0 Å². The van der Waals surface area contributed by atoms with Crippen LogP contribution in [0.3, 0.4) is 0 Å². The molecule has 2 amide bonds. The van der Waals surface area contributed by atoms with Crippen LogP contribution in [-0.4, -0.2) is 30.0 Å². The molecule has 0 bridgehead atoms. The number of hydrogen-bond acceptors (Lipinski definition) is 3. The molecule has 2 aliphatic rings. The van der Waals surface area contributed by atoms with Gasteiger partial charge in [-0.2, -0.15) is 0 Å². The Morgan fingerprint density at radius 1 is 1.20 bits per heavy atom. The molecule has 1 aromatic rings. The summed E-state index contributed by atoms with van der Waals surface area (Å²) in [5.41, 5.74) is 0.282. The maximum Gasteiger partial charge on any atom is 0.240 e. The number of amides is 2. The molecule has 1 aromatic carbocycles. The van der Waals surface area contributed by atoms with Gasteiger partial charge in [-0.1, -0.05) is 24.3 Å². The van der Waals surface area contributed by atoms with E-state index in [2.05, 4.69) is 0 Å². The molecule has 1 aliphatic heterocycles. The largest absolute Gasteiger partial charge is 0.285 e. The molecule has 2 unspecified atom stereocenters. The van der Waals surface area contributed by atoms with Crippen LogP contribution < -0.4 is 0 Å². The number of likely N-dealkylation sites (tertiary alicyclic amines) is 1. The number of likely N-dealkylation sites (N-methyl/N-ethyl adjacent to an activating group) is 1. The van der Waals surface area contributed by atoms with E-state index in [0.29, 0.717) is 12.8 Å². The number of benzene rings is 1. The fourth-order valence-corrected chi connectivity index (χ4v) is 3.77. The van der Waals surface area contributed by atoms with Crippen LogP contribution in [-0.2, 0) is 15.0 Å². The number of hydrogen-bond donors (Lipinski definition) is 0. The Morgan fingerprint density at radius 3 is 2.55 bits per heavy atom. The summed E-state index contributed by atoms with van der Waals surface area (Å²) in [4.78, 5) is 27.5. The third kappa shape index (κ3) is 1.67. The van der Waals surface area contributed by atoms with Crippen LogP contribution in [0.25, 0.3) is 0 Å². The maximum atomic E-state index is 12.7. The Morgan fingerprint density at radius 2 is 1.90 bits per heavy atom. The van der Waals surface area contributed by atoms with Gasteiger partial charge in [-0.05, 0) is 36.8 Å². The molecule has 3 nitrogen and oxygen atoms in total. The van der Waals surface area contributed by atoms with Gasteiger partial charge in [-0.3, -0.25) is 14.5 Å². The molecule has 3 rings (SSSR count). The Kier molecular flexibility index (Phi) is 3.21. The van der Waals surface area contributed by atoms with Crippen molar-refractivity contribution < 1.29 is 9.59 Å². The molecular weight excluding hydrogens is 270 g/mol. The van der Waals surface area contributed by atoms with Gasteiger partial charge in [0, 0.05) is 11.9 Å². The summed E-state index contributed by atoms with van der Waals surface area (Å²) in [6.07, 6.45) is 7.34. The lowest BCUT2D eigenvalue weighted by Crippen LogP contribution is -2.40. The van der Waals surface area contributed by atoms with E-state index in [-0.39, 0.29) is 17.7 Å². The smallest absolute Gasteiger partial charge is 0.240 e. The molecule has 4 heteroatoms. The van der Waals surface area contributed by atoms with E-state index in [1.165, 1.54) is 4.90 Å². The molecule has 1 heterocycles. The van der Waals surface area contributed by atoms with Crippen LogP contribution in [0.15, 0.2) is 41.3 Å². The number of carbonyl (C=O) groups is 2. The highest BCUT2D eigenvalue weighted by Gasteiger charge is 2.58. The van der Waals surface area contributed by atoms with E-state index >= 15 is 0 Å². The fourth-order valence-electron chi connectivity index (χ4n) is 3.36. The first-order valence-electron chi connectivity index (χ1n) is 6.73. The summed E-state index contributed by atoms with van der Waals surface area (Å²) in [6.45, 7) is 0. The highest BCUT2D eigenvalue weighted by Crippen LogP contribution is 2.47. The second kappa shape index (κ2) is 4.77. The molecule has 1 saturated heterocycles. The van der Waals surface area contributed by atoms with Crippen molar-refractivity contribution in [2.75, 3.05) is 13.3 Å². The second-order valence-corrected chi connectivity index (χ2v) is 6.25. The lowest BCUT2D eigenvalue weighted by atomic mass is 9.66. The zero-order valence-corrected chi connectivity index (χ0v) is 12.4. The van der Waals surface area contributed by atoms with Gasteiger partial charge in [0.15, 0.2) is 0 Å². The lowest BCUT2D eigenvalue weighted by molar-refractivity contribution is -0.138. The molecule has 1 fully saturated rings. The van der Waals surface area contributed by atoms with Crippen LogP contribution in [0.4, 0.5) is 0 Å². The third-order valence-electron chi connectivity index (χ3n) is 4.49. The highest BCUT2D eigenvalue weighted by atomic mass is 32.2. The first-order chi connectivity index (χ1) is 9.61. The van der Waals surface area contributed by atoms with Gasteiger partial charge in [-0.25, -0.2) is 0 Å². The number of imide groups is 1. The van der Waals surface area contributed by atoms with E-state index in [4.69, 9.17) is 0 Å². The molecule has 104 valence electrons. The van der Waals surface area contributed by atoms with Crippen molar-refractivity contribution >= 4 is 23.6 Å². The van der Waals surface area contributed by atoms with Crippen LogP contribution in [0.5, 0.6) is 0 Å². The topological polar surface area (TPSA) is 37.4 Å². The zero-order valence-electron chi connectivity index (χ0n) is 11.6. The van der Waals surface area contributed by atoms with E-state index in [9.17, 15) is 9.59 Å². The molecule has 0 spiro atoms. The van der Waals surface area contributed by atoms with Crippen molar-refractivity contribution in [3.05, 3.63) is 42.0 Å². The fraction of sp³-hybridized carbons (Fsp3) is 0.375. The first-order valence-corrected chi connectivity index (χ1v) is 7.95. The lowest BCUT2D eigenvalue weighted by Gasteiger charge is -2.33. The SMILES string of the molecule is CSc1ccc(C23CC=CCC2C(=O)N(C)C3=O)cc1. The summed E-state index contributed by atoms with van der Waals surface area (Å²) < 4.78 is 0. The standard InChI is InChI=1S/C16H17NO2S/c1-17-14(18)13-5-3-4-10-16(13,15(17)19)11-6-8-12(20-2)9-7-11/h3-4,6-9,13H,5,10H2,1-2H3. The number of rotatable bonds is 2. The monoisotopic (exact) mass is 287 g/mol. The van der Waals surface area contributed by atoms with Crippen molar-refractivity contribution in [2.24, 2.45) is 5.92 Å². The predicted molar refractivity (Wildman–Crippen MR) is 79.5 cm³/mol. The van der Waals surface area contributed by atoms with Gasteiger partial charge in [0.25, 0.3) is 0 Å². The van der Waals surface area contributed by atoms with E-state index in [0.717, 1.165) is 10.5 Å². The van der Waals surface area contributed by atoms with Gasteiger partial charge < -0.3 is 0 Å². The van der Waals surface area contributed by atoms with Crippen LogP contribution in [0, 0.1) is 5.92 Å². The van der Waals surface area contributed by atoms with Gasteiger partial charge in [0.05, 0.1) is 11.3 Å². The minimum absolute atomic E-state index is 0.0479. The van der Waals surface area contributed by atoms with Crippen LogP contribution in [0.1, 0.15) is 18.4 Å². The van der Waals surface area contributed by atoms with Crippen molar-refractivity contribution in [3.63, 3.8) is 0 Å². The average molecular weight is 287 g/mol. The summed E-state index contributed by atoms with van der Waals surface area (Å²) in [6, 6.07) is 8.06. The summed E-state index contributed by atoms with van der Waals surface area (Å²) in [5, 5.41) is 0. The Bertz CT molecular complexity index is 593. The van der Waals surface area contributed by atoms with Crippen LogP contribution >= 0.6 is 11.8 Å². The Hall–Kier alpha value is -1.55. The quantitative estimate of drug-likeness (QED) is 0.477. The normalized spacial score (nSPS) is 28.9. The van der Waals surface area contributed by atoms with Crippen molar-refractivity contribution in [3.8, 4) is 0 Å². The van der Waals surface area contributed by atoms with Gasteiger partial charge >= 0.3 is 0 Å². The van der Waals surface area contributed by atoms with E-state index in [1.54, 1.807) is 18.8 Å². The van der Waals surface area contributed by atoms with Crippen molar-refractivity contribution in [2.45, 2.75) is 23.2 Å². The molecule has 2 atom stereocenters. The van der Waals surface area contributed by atoms with Gasteiger partial charge in [-0.15, -0.1) is 11.8 Å². The summed E-state index contributed by atoms with van der Waals surface area (Å²) in [5.74, 6) is -0.354. The number of carbonyl (C=O) groups excluding carboxylic acids is 2. The van der Waals surface area contributed by atoms with E-state index < -0.39 is 5.41 Å². The molecule has 0 radical (unpaired) electrons. The number of nitrogens with zero attached hydrogens (tertiary/aromatic N) is 1. The predicted octanol–water partition coefficient (Wildman–Crippen LogP) is 2.61. The first kappa shape index (κ1) is 13.4. The number of fused-ring (bicyclic) bond motifs is 1. The molecule has 0 N–H and O–H groups in total. The van der Waals surface area contributed by atoms with Gasteiger partial charge in [0.2, 0.25) is 11.8 Å². The molecule has 0 aromatic heterocycles. The molecule has 0 saturated carbocycles. The molecule has 20 heavy (non-hydrogen) atoms. The Balaban J connectivity index is 2.12. The number of allylic oxidation sites excluding steroid dienone is 2. The second-order valence-electron chi connectivity index (χ2n) is 5.37. The minimum Gasteiger partial charge on any atom is -0.285 e. The molecule has 1 aliphatic carbocycles. The average Bonchev–Trinajstić information content (AvgIpc) is 2.70. The van der Waals surface area contributed by atoms with E-state index in [1.807, 2.05) is 42.7 Å².